The van der Waals surface area contributed by atoms with E-state index in [1.807, 2.05) is 42.5 Å². The molecule has 2 rings (SSSR count). The Bertz CT molecular complexity index is 591. The number of carbonyl (C=O) groups excluding carboxylic acids is 1. The van der Waals surface area contributed by atoms with Crippen LogP contribution in [-0.2, 0) is 11.2 Å². The van der Waals surface area contributed by atoms with Crippen LogP contribution in [0.4, 0.5) is 11.4 Å². The summed E-state index contributed by atoms with van der Waals surface area (Å²) in [7, 11) is 2.06. The van der Waals surface area contributed by atoms with E-state index in [1.54, 1.807) is 0 Å². The van der Waals surface area contributed by atoms with Gasteiger partial charge in [-0.3, -0.25) is 4.79 Å². The summed E-state index contributed by atoms with van der Waals surface area (Å²) in [5.74, 6) is 0.0483. The first kappa shape index (κ1) is 22.1. The molecule has 0 aromatic heterocycles. The Morgan fingerprint density at radius 2 is 1.67 bits per heavy atom. The molecule has 0 heterocycles. The SMILES string of the molecule is CN(CCCNC(=O)Cc1ccc(N)cc1)c1ccccc1.Cl.Cl. The van der Waals surface area contributed by atoms with Crippen LogP contribution in [0.5, 0.6) is 0 Å². The van der Waals surface area contributed by atoms with E-state index >= 15 is 0 Å². The second-order valence-electron chi connectivity index (χ2n) is 5.38. The van der Waals surface area contributed by atoms with Crippen LogP contribution in [0.15, 0.2) is 54.6 Å². The smallest absolute Gasteiger partial charge is 0.224 e. The third-order valence-electron chi connectivity index (χ3n) is 3.53. The Labute approximate surface area is 156 Å². The van der Waals surface area contributed by atoms with Crippen LogP contribution in [0.2, 0.25) is 0 Å². The van der Waals surface area contributed by atoms with E-state index in [0.717, 1.165) is 18.5 Å². The predicted molar refractivity (Wildman–Crippen MR) is 106 cm³/mol. The molecule has 0 saturated heterocycles. The standard InChI is InChI=1S/C18H23N3O.2ClH/c1-21(17-6-3-2-4-7-17)13-5-12-20-18(22)14-15-8-10-16(19)11-9-15;;/h2-4,6-11H,5,12-14,19H2,1H3,(H,20,22);2*1H. The number of halogens is 2. The number of benzene rings is 2. The molecule has 1 amide bonds. The van der Waals surface area contributed by atoms with Crippen molar-refractivity contribution < 1.29 is 4.79 Å². The summed E-state index contributed by atoms with van der Waals surface area (Å²) in [6.07, 6.45) is 1.31. The molecule has 0 bridgehead atoms. The van der Waals surface area contributed by atoms with Gasteiger partial charge in [-0.1, -0.05) is 30.3 Å². The lowest BCUT2D eigenvalue weighted by Gasteiger charge is -2.19. The van der Waals surface area contributed by atoms with Crippen LogP contribution in [0, 0.1) is 0 Å². The molecule has 3 N–H and O–H groups in total. The minimum Gasteiger partial charge on any atom is -0.399 e. The van der Waals surface area contributed by atoms with Crippen molar-refractivity contribution in [2.45, 2.75) is 12.8 Å². The van der Waals surface area contributed by atoms with Crippen molar-refractivity contribution in [3.8, 4) is 0 Å². The van der Waals surface area contributed by atoms with E-state index in [-0.39, 0.29) is 30.7 Å². The third kappa shape index (κ3) is 7.57. The summed E-state index contributed by atoms with van der Waals surface area (Å²) in [5.41, 5.74) is 8.51. The highest BCUT2D eigenvalue weighted by molar-refractivity contribution is 5.85. The lowest BCUT2D eigenvalue weighted by atomic mass is 10.1. The fourth-order valence-electron chi connectivity index (χ4n) is 2.24. The first-order chi connectivity index (χ1) is 10.6. The Morgan fingerprint density at radius 1 is 1.04 bits per heavy atom. The number of nitrogens with two attached hydrogens (primary N) is 1. The third-order valence-corrected chi connectivity index (χ3v) is 3.53. The van der Waals surface area contributed by atoms with Gasteiger partial charge in [0, 0.05) is 31.5 Å². The van der Waals surface area contributed by atoms with Gasteiger partial charge in [-0.25, -0.2) is 0 Å². The summed E-state index contributed by atoms with van der Waals surface area (Å²) in [4.78, 5) is 14.0. The summed E-state index contributed by atoms with van der Waals surface area (Å²) >= 11 is 0. The number of nitrogens with zero attached hydrogens (tertiary/aromatic N) is 1. The van der Waals surface area contributed by atoms with Crippen molar-refractivity contribution in [1.82, 2.24) is 5.32 Å². The molecule has 0 unspecified atom stereocenters. The summed E-state index contributed by atoms with van der Waals surface area (Å²) < 4.78 is 0. The maximum absolute atomic E-state index is 11.9. The van der Waals surface area contributed by atoms with E-state index in [2.05, 4.69) is 29.4 Å². The normalized spacial score (nSPS) is 9.38. The number of rotatable bonds is 7. The maximum Gasteiger partial charge on any atom is 0.224 e. The van der Waals surface area contributed by atoms with E-state index in [9.17, 15) is 4.79 Å². The van der Waals surface area contributed by atoms with Crippen molar-refractivity contribution in [2.75, 3.05) is 30.8 Å². The lowest BCUT2D eigenvalue weighted by Crippen LogP contribution is -2.29. The molecule has 0 aliphatic rings. The molecular weight excluding hydrogens is 345 g/mol. The molecule has 0 aliphatic heterocycles. The summed E-state index contributed by atoms with van der Waals surface area (Å²) in [6, 6.07) is 17.6. The van der Waals surface area contributed by atoms with Gasteiger partial charge in [0.15, 0.2) is 0 Å². The number of amides is 1. The van der Waals surface area contributed by atoms with Crippen molar-refractivity contribution in [1.29, 1.82) is 0 Å². The molecule has 0 radical (unpaired) electrons. The van der Waals surface area contributed by atoms with Crippen LogP contribution in [0.3, 0.4) is 0 Å². The predicted octanol–water partition coefficient (Wildman–Crippen LogP) is 3.30. The first-order valence-electron chi connectivity index (χ1n) is 7.52. The van der Waals surface area contributed by atoms with Crippen molar-refractivity contribution in [3.05, 3.63) is 60.2 Å². The number of hydrogen-bond acceptors (Lipinski definition) is 3. The fourth-order valence-corrected chi connectivity index (χ4v) is 2.24. The molecule has 6 heteroatoms. The van der Waals surface area contributed by atoms with E-state index in [4.69, 9.17) is 5.73 Å². The number of hydrogen-bond donors (Lipinski definition) is 2. The minimum atomic E-state index is 0. The highest BCUT2D eigenvalue weighted by atomic mass is 35.5. The molecule has 0 spiro atoms. The maximum atomic E-state index is 11.9. The molecule has 0 aliphatic carbocycles. The minimum absolute atomic E-state index is 0. The van der Waals surface area contributed by atoms with Gasteiger partial charge in [0.1, 0.15) is 0 Å². The van der Waals surface area contributed by atoms with Gasteiger partial charge in [0.2, 0.25) is 5.91 Å². The fraction of sp³-hybridized carbons (Fsp3) is 0.278. The topological polar surface area (TPSA) is 58.4 Å². The molecule has 0 saturated carbocycles. The highest BCUT2D eigenvalue weighted by Crippen LogP contribution is 2.10. The number of anilines is 2. The van der Waals surface area contributed by atoms with Gasteiger partial charge in [-0.15, -0.1) is 24.8 Å². The first-order valence-corrected chi connectivity index (χ1v) is 7.52. The van der Waals surface area contributed by atoms with Gasteiger partial charge in [-0.2, -0.15) is 0 Å². The molecule has 0 fully saturated rings. The van der Waals surface area contributed by atoms with Gasteiger partial charge in [0.05, 0.1) is 6.42 Å². The van der Waals surface area contributed by atoms with Crippen LogP contribution in [0.25, 0.3) is 0 Å². The van der Waals surface area contributed by atoms with Crippen LogP contribution < -0.4 is 16.0 Å². The summed E-state index contributed by atoms with van der Waals surface area (Å²) in [6.45, 7) is 1.59. The Kier molecular flexibility index (Phi) is 10.7. The van der Waals surface area contributed by atoms with Crippen molar-refractivity contribution >= 4 is 42.1 Å². The lowest BCUT2D eigenvalue weighted by molar-refractivity contribution is -0.120. The Hall–Kier alpha value is -1.91. The molecular formula is C18H25Cl2N3O. The van der Waals surface area contributed by atoms with Gasteiger partial charge >= 0.3 is 0 Å². The second kappa shape index (κ2) is 11.6. The van der Waals surface area contributed by atoms with E-state index < -0.39 is 0 Å². The Balaban J connectivity index is 0.00000264. The molecule has 24 heavy (non-hydrogen) atoms. The zero-order valence-corrected chi connectivity index (χ0v) is 15.4. The van der Waals surface area contributed by atoms with Crippen molar-refractivity contribution in [2.24, 2.45) is 0 Å². The second-order valence-corrected chi connectivity index (χ2v) is 5.38. The molecule has 0 atom stereocenters. The van der Waals surface area contributed by atoms with E-state index in [1.165, 1.54) is 5.69 Å². The number of para-hydroxylation sites is 1. The summed E-state index contributed by atoms with van der Waals surface area (Å²) in [5, 5.41) is 2.96. The van der Waals surface area contributed by atoms with Crippen LogP contribution >= 0.6 is 24.8 Å². The highest BCUT2D eigenvalue weighted by Gasteiger charge is 2.04. The van der Waals surface area contributed by atoms with Crippen LogP contribution in [-0.4, -0.2) is 26.0 Å². The number of nitrogen functional groups attached to an aromatic ring is 1. The average Bonchev–Trinajstić information content (AvgIpc) is 2.54. The average molecular weight is 370 g/mol. The number of nitrogens with one attached hydrogen (secondary N) is 1. The van der Waals surface area contributed by atoms with Gasteiger partial charge in [-0.05, 0) is 36.2 Å². The van der Waals surface area contributed by atoms with Gasteiger partial charge in [0.25, 0.3) is 0 Å². The zero-order chi connectivity index (χ0) is 15.8. The molecule has 2 aromatic rings. The molecule has 132 valence electrons. The van der Waals surface area contributed by atoms with Crippen molar-refractivity contribution in [3.63, 3.8) is 0 Å². The zero-order valence-electron chi connectivity index (χ0n) is 13.8. The van der Waals surface area contributed by atoms with Crippen LogP contribution in [0.1, 0.15) is 12.0 Å². The Morgan fingerprint density at radius 3 is 2.29 bits per heavy atom. The quantitative estimate of drug-likeness (QED) is 0.581. The largest absolute Gasteiger partial charge is 0.399 e. The molecule has 2 aromatic carbocycles. The van der Waals surface area contributed by atoms with Gasteiger partial charge < -0.3 is 16.0 Å². The van der Waals surface area contributed by atoms with E-state index in [0.29, 0.717) is 18.7 Å². The molecule has 4 nitrogen and oxygen atoms in total. The monoisotopic (exact) mass is 369 g/mol. The number of carbonyl (C=O) groups is 1.